The summed E-state index contributed by atoms with van der Waals surface area (Å²) in [6, 6.07) is 7.25. The van der Waals surface area contributed by atoms with Gasteiger partial charge in [0.1, 0.15) is 12.1 Å². The molecule has 2 aliphatic heterocycles. The zero-order valence-corrected chi connectivity index (χ0v) is 11.8. The van der Waals surface area contributed by atoms with Crippen LogP contribution >= 0.6 is 23.8 Å². The molecule has 7 heteroatoms. The second-order valence-electron chi connectivity index (χ2n) is 4.58. The van der Waals surface area contributed by atoms with Gasteiger partial charge in [0.15, 0.2) is 16.6 Å². The van der Waals surface area contributed by atoms with Crippen LogP contribution in [0, 0.1) is 0 Å². The molecule has 18 heavy (non-hydrogen) atoms. The number of halogens is 1. The van der Waals surface area contributed by atoms with Crippen molar-refractivity contribution in [2.75, 3.05) is 16.4 Å². The van der Waals surface area contributed by atoms with E-state index in [4.69, 9.17) is 23.8 Å². The predicted octanol–water partition coefficient (Wildman–Crippen LogP) is 1.76. The SMILES string of the molecule is O=[S+]1(O)C[C@@H]2NC(=S)N(c3cccc(Cl)c3)[C@@H]2C1. The topological polar surface area (TPSA) is 52.6 Å². The lowest BCUT2D eigenvalue weighted by Gasteiger charge is -2.22. The van der Waals surface area contributed by atoms with Crippen LogP contribution in [0.2, 0.25) is 5.02 Å². The highest BCUT2D eigenvalue weighted by Gasteiger charge is 2.54. The molecule has 1 unspecified atom stereocenters. The first-order valence-corrected chi connectivity index (χ1v) is 8.17. The van der Waals surface area contributed by atoms with E-state index in [9.17, 15) is 8.76 Å². The van der Waals surface area contributed by atoms with Gasteiger partial charge in [-0.2, -0.15) is 4.55 Å². The van der Waals surface area contributed by atoms with E-state index in [1.165, 1.54) is 0 Å². The van der Waals surface area contributed by atoms with Gasteiger partial charge in [0, 0.05) is 10.7 Å². The van der Waals surface area contributed by atoms with E-state index >= 15 is 0 Å². The summed E-state index contributed by atoms with van der Waals surface area (Å²) in [4.78, 5) is 1.90. The lowest BCUT2D eigenvalue weighted by molar-refractivity contribution is 0.502. The Kier molecular flexibility index (Phi) is 2.85. The highest BCUT2D eigenvalue weighted by atomic mass is 35.5. The molecule has 2 fully saturated rings. The molecule has 2 aliphatic rings. The molecule has 0 aromatic heterocycles. The third kappa shape index (κ3) is 2.03. The van der Waals surface area contributed by atoms with Crippen LogP contribution in [0.5, 0.6) is 0 Å². The monoisotopic (exact) mass is 303 g/mol. The molecule has 3 rings (SSSR count). The number of nitrogens with zero attached hydrogens (tertiary/aromatic N) is 1. The summed E-state index contributed by atoms with van der Waals surface area (Å²) in [6.45, 7) is 0. The maximum absolute atomic E-state index is 11.8. The third-order valence-corrected chi connectivity index (χ3v) is 5.57. The van der Waals surface area contributed by atoms with Crippen LogP contribution in [0.1, 0.15) is 0 Å². The van der Waals surface area contributed by atoms with Gasteiger partial charge in [-0.1, -0.05) is 21.9 Å². The molecule has 0 saturated carbocycles. The Bertz CT molecular complexity index is 566. The summed E-state index contributed by atoms with van der Waals surface area (Å²) in [5, 5.41) is 4.34. The maximum atomic E-state index is 11.8. The number of nitrogens with one attached hydrogen (secondary N) is 1. The first-order chi connectivity index (χ1) is 8.46. The Morgan fingerprint density at radius 3 is 3.00 bits per heavy atom. The van der Waals surface area contributed by atoms with Crippen molar-refractivity contribution < 1.29 is 8.76 Å². The zero-order valence-electron chi connectivity index (χ0n) is 9.38. The van der Waals surface area contributed by atoms with Crippen molar-refractivity contribution in [3.63, 3.8) is 0 Å². The van der Waals surface area contributed by atoms with Crippen molar-refractivity contribution >= 4 is 44.8 Å². The first kappa shape index (κ1) is 12.3. The van der Waals surface area contributed by atoms with Gasteiger partial charge in [-0.15, -0.1) is 0 Å². The van der Waals surface area contributed by atoms with Crippen molar-refractivity contribution in [1.82, 2.24) is 5.32 Å². The van der Waals surface area contributed by atoms with Gasteiger partial charge < -0.3 is 10.2 Å². The van der Waals surface area contributed by atoms with E-state index < -0.39 is 10.2 Å². The first-order valence-electron chi connectivity index (χ1n) is 5.53. The van der Waals surface area contributed by atoms with Crippen LogP contribution < -0.4 is 10.2 Å². The van der Waals surface area contributed by atoms with Crippen molar-refractivity contribution in [2.24, 2.45) is 0 Å². The van der Waals surface area contributed by atoms with Crippen LogP contribution in [0.25, 0.3) is 0 Å². The fourth-order valence-corrected chi connectivity index (χ4v) is 5.04. The van der Waals surface area contributed by atoms with Crippen LogP contribution in [-0.2, 0) is 14.4 Å². The summed E-state index contributed by atoms with van der Waals surface area (Å²) in [5.41, 5.74) is 0.865. The zero-order chi connectivity index (χ0) is 12.9. The number of hydrogen-bond acceptors (Lipinski definition) is 2. The second-order valence-corrected chi connectivity index (χ2v) is 7.61. The quantitative estimate of drug-likeness (QED) is 0.611. The molecule has 1 aromatic rings. The van der Waals surface area contributed by atoms with Crippen molar-refractivity contribution in [3.8, 4) is 0 Å². The molecule has 0 radical (unpaired) electrons. The fourth-order valence-electron chi connectivity index (χ4n) is 2.55. The highest BCUT2D eigenvalue weighted by Crippen LogP contribution is 2.32. The van der Waals surface area contributed by atoms with Crippen molar-refractivity contribution in [1.29, 1.82) is 0 Å². The number of rotatable bonds is 1. The van der Waals surface area contributed by atoms with Crippen LogP contribution in [0.4, 0.5) is 5.69 Å². The molecule has 2 saturated heterocycles. The van der Waals surface area contributed by atoms with Crippen LogP contribution in [0.3, 0.4) is 0 Å². The van der Waals surface area contributed by atoms with Gasteiger partial charge in [-0.05, 0) is 30.4 Å². The van der Waals surface area contributed by atoms with E-state index in [1.807, 2.05) is 23.1 Å². The lowest BCUT2D eigenvalue weighted by atomic mass is 10.1. The smallest absolute Gasteiger partial charge is 0.218 e. The van der Waals surface area contributed by atoms with E-state index in [0.29, 0.717) is 10.1 Å². The average Bonchev–Trinajstić information content (AvgIpc) is 2.68. The third-order valence-electron chi connectivity index (χ3n) is 3.28. The average molecular weight is 304 g/mol. The maximum Gasteiger partial charge on any atom is 0.218 e. The second kappa shape index (κ2) is 4.16. The molecule has 96 valence electrons. The lowest BCUT2D eigenvalue weighted by Crippen LogP contribution is -2.37. The van der Waals surface area contributed by atoms with E-state index in [1.54, 1.807) is 6.07 Å². The number of fused-ring (bicyclic) bond motifs is 1. The minimum Gasteiger partial charge on any atom is -0.352 e. The summed E-state index contributed by atoms with van der Waals surface area (Å²) < 4.78 is 21.5. The number of hydrogen-bond donors (Lipinski definition) is 2. The molecule has 3 atom stereocenters. The molecule has 4 nitrogen and oxygen atoms in total. The van der Waals surface area contributed by atoms with Gasteiger partial charge in [0.2, 0.25) is 10.2 Å². The minimum absolute atomic E-state index is 0.0472. The van der Waals surface area contributed by atoms with Crippen molar-refractivity contribution in [2.45, 2.75) is 12.1 Å². The normalized spacial score (nSPS) is 34.6. The Labute approximate surface area is 117 Å². The molecule has 0 spiro atoms. The summed E-state index contributed by atoms with van der Waals surface area (Å²) in [6.07, 6.45) is 0. The van der Waals surface area contributed by atoms with E-state index in [0.717, 1.165) is 5.69 Å². The van der Waals surface area contributed by atoms with Crippen LogP contribution in [0.15, 0.2) is 24.3 Å². The van der Waals surface area contributed by atoms with Gasteiger partial charge in [0.05, 0.1) is 0 Å². The minimum atomic E-state index is -2.73. The highest BCUT2D eigenvalue weighted by molar-refractivity contribution is 7.98. The largest absolute Gasteiger partial charge is 0.352 e. The molecule has 0 bridgehead atoms. The fraction of sp³-hybridized carbons (Fsp3) is 0.364. The van der Waals surface area contributed by atoms with Crippen LogP contribution in [-0.4, -0.2) is 33.3 Å². The molecule has 1 aromatic carbocycles. The standard InChI is InChI=1S/C11H11ClN2O2S2/c12-7-2-1-3-8(4-7)14-10-6-18(15,16)5-9(10)13-11(14)17/h1-4,9-10H,5-6H2,(H-,13,15,16,17)/p+1/t9-,10+/m0/s1. The predicted molar refractivity (Wildman–Crippen MR) is 77.7 cm³/mol. The van der Waals surface area contributed by atoms with Gasteiger partial charge in [-0.3, -0.25) is 0 Å². The summed E-state index contributed by atoms with van der Waals surface area (Å²) in [5.74, 6) is 0.506. The summed E-state index contributed by atoms with van der Waals surface area (Å²) >= 11 is 11.3. The van der Waals surface area contributed by atoms with Gasteiger partial charge in [-0.25, -0.2) is 0 Å². The Balaban J connectivity index is 1.97. The number of benzene rings is 1. The Morgan fingerprint density at radius 2 is 2.28 bits per heavy atom. The van der Waals surface area contributed by atoms with Gasteiger partial charge in [0.25, 0.3) is 0 Å². The molecule has 0 amide bonds. The molecule has 2 N–H and O–H groups in total. The van der Waals surface area contributed by atoms with E-state index in [2.05, 4.69) is 5.32 Å². The van der Waals surface area contributed by atoms with E-state index in [-0.39, 0.29) is 23.6 Å². The van der Waals surface area contributed by atoms with Gasteiger partial charge >= 0.3 is 0 Å². The molecular formula is C11H12ClN2O2S2+. The summed E-state index contributed by atoms with van der Waals surface area (Å²) in [7, 11) is -2.73. The number of thiocarbonyl (C=S) groups is 1. The molecular weight excluding hydrogens is 292 g/mol. The molecule has 2 heterocycles. The molecule has 0 aliphatic carbocycles. The Hall–Kier alpha value is -0.690. The number of anilines is 1. The van der Waals surface area contributed by atoms with Crippen molar-refractivity contribution in [3.05, 3.63) is 29.3 Å². The Morgan fingerprint density at radius 1 is 1.50 bits per heavy atom.